The van der Waals surface area contributed by atoms with E-state index in [0.717, 1.165) is 29.1 Å². The van der Waals surface area contributed by atoms with Crippen molar-refractivity contribution in [3.05, 3.63) is 23.7 Å². The van der Waals surface area contributed by atoms with E-state index in [1.54, 1.807) is 0 Å². The highest BCUT2D eigenvalue weighted by molar-refractivity contribution is 6.20. The highest BCUT2D eigenvalue weighted by atomic mass is 35.5. The largest absolute Gasteiger partial charge is 0.311 e. The van der Waals surface area contributed by atoms with Gasteiger partial charge in [0.2, 0.25) is 0 Å². The molecular weight excluding hydrogens is 270 g/mol. The number of hydrogen-bond donors (Lipinski definition) is 0. The zero-order chi connectivity index (χ0) is 14.3. The summed E-state index contributed by atoms with van der Waals surface area (Å²) in [5.74, 6) is 0.960. The van der Waals surface area contributed by atoms with Crippen LogP contribution in [0.4, 0.5) is 0 Å². The van der Waals surface area contributed by atoms with Crippen LogP contribution < -0.4 is 0 Å². The van der Waals surface area contributed by atoms with Crippen molar-refractivity contribution in [2.75, 3.05) is 0 Å². The molecule has 0 bridgehead atoms. The molecule has 0 saturated heterocycles. The molecule has 3 nitrogen and oxygen atoms in total. The maximum atomic E-state index is 6.33. The minimum Gasteiger partial charge on any atom is -0.311 e. The van der Waals surface area contributed by atoms with Gasteiger partial charge in [-0.25, -0.2) is 9.97 Å². The zero-order valence-corrected chi connectivity index (χ0v) is 13.2. The molecule has 1 fully saturated rings. The van der Waals surface area contributed by atoms with E-state index in [4.69, 9.17) is 16.6 Å². The number of aryl methyl sites for hydroxylation is 1. The van der Waals surface area contributed by atoms with E-state index in [1.165, 1.54) is 25.7 Å². The van der Waals surface area contributed by atoms with E-state index in [9.17, 15) is 0 Å². The van der Waals surface area contributed by atoms with Crippen LogP contribution in [0.5, 0.6) is 0 Å². The smallest absolute Gasteiger partial charge is 0.160 e. The lowest BCUT2D eigenvalue weighted by Crippen LogP contribution is -2.15. The molecule has 4 heteroatoms. The molecule has 1 unspecified atom stereocenters. The minimum absolute atomic E-state index is 0.0815. The lowest BCUT2D eigenvalue weighted by atomic mass is 10.0. The number of pyridine rings is 1. The molecule has 1 atom stereocenters. The van der Waals surface area contributed by atoms with Gasteiger partial charge in [-0.3, -0.25) is 0 Å². The highest BCUT2D eigenvalue weighted by Crippen LogP contribution is 2.51. The normalized spacial score (nSPS) is 18.4. The predicted molar refractivity (Wildman–Crippen MR) is 83.1 cm³/mol. The third-order valence-corrected chi connectivity index (χ3v) is 4.53. The minimum atomic E-state index is -0.0815. The molecule has 0 N–H and O–H groups in total. The monoisotopic (exact) mass is 291 g/mol. The topological polar surface area (TPSA) is 30.7 Å². The fourth-order valence-electron chi connectivity index (χ4n) is 3.12. The van der Waals surface area contributed by atoms with Gasteiger partial charge in [-0.2, -0.15) is 0 Å². The summed E-state index contributed by atoms with van der Waals surface area (Å²) in [6.45, 7) is 7.32. The molecule has 2 heterocycles. The first-order valence-corrected chi connectivity index (χ1v) is 7.95. The second-order valence-electron chi connectivity index (χ2n) is 6.28. The van der Waals surface area contributed by atoms with Crippen molar-refractivity contribution in [2.45, 2.75) is 58.4 Å². The van der Waals surface area contributed by atoms with E-state index in [-0.39, 0.29) is 5.38 Å². The molecular formula is C16H22ClN3. The Labute approximate surface area is 125 Å². The summed E-state index contributed by atoms with van der Waals surface area (Å²) >= 11 is 6.33. The number of halogens is 1. The van der Waals surface area contributed by atoms with Gasteiger partial charge in [0, 0.05) is 12.7 Å². The molecule has 1 aliphatic rings. The van der Waals surface area contributed by atoms with E-state index in [2.05, 4.69) is 29.5 Å². The Bertz CT molecular complexity index is 626. The molecule has 1 saturated carbocycles. The molecule has 3 rings (SSSR count). The number of fused-ring (bicyclic) bond motifs is 1. The quantitative estimate of drug-likeness (QED) is 0.753. The predicted octanol–water partition coefficient (Wildman–Crippen LogP) is 4.62. The van der Waals surface area contributed by atoms with Crippen LogP contribution in [0, 0.1) is 12.3 Å². The Morgan fingerprint density at radius 1 is 1.45 bits per heavy atom. The Kier molecular flexibility index (Phi) is 3.49. The summed E-state index contributed by atoms with van der Waals surface area (Å²) in [5.41, 5.74) is 3.57. The first-order chi connectivity index (χ1) is 9.54. The van der Waals surface area contributed by atoms with Crippen LogP contribution in [0.1, 0.15) is 56.3 Å². The van der Waals surface area contributed by atoms with Crippen LogP contribution in [-0.2, 0) is 6.54 Å². The summed E-state index contributed by atoms with van der Waals surface area (Å²) in [6, 6.07) is 2.10. The third-order valence-electron chi connectivity index (χ3n) is 4.34. The van der Waals surface area contributed by atoms with Crippen LogP contribution in [0.3, 0.4) is 0 Å². The second-order valence-corrected chi connectivity index (χ2v) is 6.93. The van der Waals surface area contributed by atoms with Crippen LogP contribution in [0.2, 0.25) is 0 Å². The number of aromatic nitrogens is 3. The SMILES string of the molecule is CCCC1(Cn2c(C(C)Cl)nc3cc(C)cnc32)CC1. The summed E-state index contributed by atoms with van der Waals surface area (Å²) in [6.07, 6.45) is 7.09. The van der Waals surface area contributed by atoms with Crippen LogP contribution in [0.15, 0.2) is 12.3 Å². The van der Waals surface area contributed by atoms with Crippen molar-refractivity contribution in [1.82, 2.24) is 14.5 Å². The molecule has 108 valence electrons. The molecule has 1 aliphatic carbocycles. The Balaban J connectivity index is 2.05. The molecule has 0 aliphatic heterocycles. The van der Waals surface area contributed by atoms with Gasteiger partial charge in [0.05, 0.1) is 5.38 Å². The Morgan fingerprint density at radius 3 is 2.80 bits per heavy atom. The van der Waals surface area contributed by atoms with E-state index in [1.807, 2.05) is 13.1 Å². The molecule has 0 amide bonds. The van der Waals surface area contributed by atoms with Gasteiger partial charge < -0.3 is 4.57 Å². The highest BCUT2D eigenvalue weighted by Gasteiger charge is 2.42. The summed E-state index contributed by atoms with van der Waals surface area (Å²) in [7, 11) is 0. The summed E-state index contributed by atoms with van der Waals surface area (Å²) < 4.78 is 2.26. The summed E-state index contributed by atoms with van der Waals surface area (Å²) in [5, 5.41) is -0.0815. The average molecular weight is 292 g/mol. The van der Waals surface area contributed by atoms with Gasteiger partial charge in [-0.15, -0.1) is 11.6 Å². The fraction of sp³-hybridized carbons (Fsp3) is 0.625. The van der Waals surface area contributed by atoms with Crippen molar-refractivity contribution < 1.29 is 0 Å². The maximum absolute atomic E-state index is 6.33. The number of imidazole rings is 1. The molecule has 0 spiro atoms. The van der Waals surface area contributed by atoms with E-state index < -0.39 is 0 Å². The molecule has 0 aromatic carbocycles. The van der Waals surface area contributed by atoms with Gasteiger partial charge in [-0.05, 0) is 50.2 Å². The van der Waals surface area contributed by atoms with Crippen LogP contribution in [0.25, 0.3) is 11.2 Å². The lowest BCUT2D eigenvalue weighted by Gasteiger charge is -2.18. The first kappa shape index (κ1) is 13.9. The Morgan fingerprint density at radius 2 is 2.20 bits per heavy atom. The van der Waals surface area contributed by atoms with Gasteiger partial charge in [0.15, 0.2) is 5.65 Å². The zero-order valence-electron chi connectivity index (χ0n) is 12.5. The molecule has 0 radical (unpaired) electrons. The van der Waals surface area contributed by atoms with E-state index >= 15 is 0 Å². The van der Waals surface area contributed by atoms with Crippen molar-refractivity contribution in [3.63, 3.8) is 0 Å². The van der Waals surface area contributed by atoms with Crippen molar-refractivity contribution in [3.8, 4) is 0 Å². The number of hydrogen-bond acceptors (Lipinski definition) is 2. The average Bonchev–Trinajstić information content (AvgIpc) is 3.05. The van der Waals surface area contributed by atoms with Gasteiger partial charge in [0.1, 0.15) is 11.3 Å². The first-order valence-electron chi connectivity index (χ1n) is 7.51. The lowest BCUT2D eigenvalue weighted by molar-refractivity contribution is 0.386. The van der Waals surface area contributed by atoms with Gasteiger partial charge in [-0.1, -0.05) is 13.3 Å². The Hall–Kier alpha value is -1.09. The van der Waals surface area contributed by atoms with Crippen molar-refractivity contribution in [1.29, 1.82) is 0 Å². The molecule has 20 heavy (non-hydrogen) atoms. The standard InChI is InChI=1S/C16H22ClN3/c1-4-5-16(6-7-16)10-20-14(12(3)17)19-13-8-11(2)9-18-15(13)20/h8-9,12H,4-7,10H2,1-3H3. The van der Waals surface area contributed by atoms with Crippen molar-refractivity contribution >= 4 is 22.8 Å². The third kappa shape index (κ3) is 2.44. The maximum Gasteiger partial charge on any atom is 0.160 e. The molecule has 2 aromatic rings. The van der Waals surface area contributed by atoms with Gasteiger partial charge >= 0.3 is 0 Å². The van der Waals surface area contributed by atoms with E-state index in [0.29, 0.717) is 5.41 Å². The second kappa shape index (κ2) is 5.03. The molecule has 2 aromatic heterocycles. The summed E-state index contributed by atoms with van der Waals surface area (Å²) in [4.78, 5) is 9.31. The number of rotatable bonds is 5. The van der Waals surface area contributed by atoms with Crippen LogP contribution in [-0.4, -0.2) is 14.5 Å². The van der Waals surface area contributed by atoms with Crippen LogP contribution >= 0.6 is 11.6 Å². The fourth-order valence-corrected chi connectivity index (χ4v) is 3.28. The van der Waals surface area contributed by atoms with Crippen molar-refractivity contribution in [2.24, 2.45) is 5.41 Å². The number of alkyl halides is 1. The van der Waals surface area contributed by atoms with Gasteiger partial charge in [0.25, 0.3) is 0 Å². The number of nitrogens with zero attached hydrogens (tertiary/aromatic N) is 3.